The largest absolute Gasteiger partial charge is 0.494 e. The number of hydrogen-bond donors (Lipinski definition) is 0. The molecule has 3 rings (SSSR count). The maximum absolute atomic E-state index is 13.4. The lowest BCUT2D eigenvalue weighted by atomic mass is 10.2. The Morgan fingerprint density at radius 2 is 1.75 bits per heavy atom. The number of carbonyl (C=O) groups excluding carboxylic acids is 1. The molecule has 0 aliphatic heterocycles. The summed E-state index contributed by atoms with van der Waals surface area (Å²) < 4.78 is 29.9. The van der Waals surface area contributed by atoms with E-state index in [4.69, 9.17) is 9.72 Å². The third-order valence-electron chi connectivity index (χ3n) is 4.90. The smallest absolute Gasteiger partial charge is 0.260 e. The summed E-state index contributed by atoms with van der Waals surface area (Å²) in [5.74, 6) is 0.454. The van der Waals surface area contributed by atoms with E-state index in [2.05, 4.69) is 4.90 Å². The number of carbonyl (C=O) groups is 1. The number of sulfone groups is 1. The van der Waals surface area contributed by atoms with Gasteiger partial charge in [0.05, 0.1) is 16.7 Å². The molecule has 0 fully saturated rings. The molecule has 1 heterocycles. The molecule has 1 amide bonds. The zero-order valence-electron chi connectivity index (χ0n) is 18.8. The molecule has 0 aliphatic rings. The van der Waals surface area contributed by atoms with E-state index in [1.54, 1.807) is 24.1 Å². The number of rotatable bonds is 8. The van der Waals surface area contributed by atoms with Gasteiger partial charge in [-0.25, -0.2) is 13.4 Å². The van der Waals surface area contributed by atoms with E-state index in [1.165, 1.54) is 23.5 Å². The summed E-state index contributed by atoms with van der Waals surface area (Å²) in [5, 5.41) is 0.596. The van der Waals surface area contributed by atoms with Crippen LogP contribution < -0.4 is 9.64 Å². The topological polar surface area (TPSA) is 79.8 Å². The average Bonchev–Trinajstić information content (AvgIpc) is 3.16. The number of aromatic nitrogens is 1. The lowest BCUT2D eigenvalue weighted by Crippen LogP contribution is -2.33. The molecule has 3 aromatic rings. The van der Waals surface area contributed by atoms with E-state index < -0.39 is 9.84 Å². The molecule has 10 heteroatoms. The van der Waals surface area contributed by atoms with E-state index in [1.807, 2.05) is 33.2 Å². The fraction of sp³-hybridized carbons (Fsp3) is 0.364. The van der Waals surface area contributed by atoms with Crippen molar-refractivity contribution in [2.45, 2.75) is 18.2 Å². The van der Waals surface area contributed by atoms with E-state index in [9.17, 15) is 13.2 Å². The molecule has 2 aromatic carbocycles. The number of ether oxygens (including phenoxy) is 1. The fourth-order valence-corrected chi connectivity index (χ4v) is 4.91. The Morgan fingerprint density at radius 1 is 1.09 bits per heavy atom. The molecule has 0 saturated heterocycles. The minimum atomic E-state index is -3.33. The number of benzene rings is 2. The van der Waals surface area contributed by atoms with Crippen LogP contribution in [0.2, 0.25) is 0 Å². The van der Waals surface area contributed by atoms with Crippen LogP contribution in [-0.2, 0) is 9.84 Å². The van der Waals surface area contributed by atoms with Crippen molar-refractivity contribution in [2.75, 3.05) is 45.5 Å². The lowest BCUT2D eigenvalue weighted by Gasteiger charge is -2.21. The zero-order chi connectivity index (χ0) is 22.8. The molecule has 32 heavy (non-hydrogen) atoms. The number of hydrogen-bond acceptors (Lipinski definition) is 7. The first kappa shape index (κ1) is 26.1. The molecule has 0 unspecified atom stereocenters. The van der Waals surface area contributed by atoms with E-state index in [0.717, 1.165) is 35.0 Å². The van der Waals surface area contributed by atoms with Crippen molar-refractivity contribution < 1.29 is 17.9 Å². The average molecular weight is 498 g/mol. The van der Waals surface area contributed by atoms with Crippen molar-refractivity contribution in [2.24, 2.45) is 0 Å². The summed E-state index contributed by atoms with van der Waals surface area (Å²) in [7, 11) is 2.25. The first-order valence-electron chi connectivity index (χ1n) is 9.82. The number of amides is 1. The second-order valence-electron chi connectivity index (χ2n) is 7.67. The van der Waals surface area contributed by atoms with Crippen molar-refractivity contribution >= 4 is 54.8 Å². The van der Waals surface area contributed by atoms with Gasteiger partial charge in [0.25, 0.3) is 5.91 Å². The number of halogens is 1. The van der Waals surface area contributed by atoms with Gasteiger partial charge in [0.15, 0.2) is 15.0 Å². The standard InChI is InChI=1S/C22H27N3O4S2.ClH/c1-15-7-12-18(29-4)19-20(15)30-22(23-19)25(14-6-13-24(2)3)21(26)16-8-10-17(11-9-16)31(5,27)28;/h7-12H,6,13-14H2,1-5H3;1H. The van der Waals surface area contributed by atoms with E-state index in [0.29, 0.717) is 23.0 Å². The van der Waals surface area contributed by atoms with Crippen molar-refractivity contribution in [3.05, 3.63) is 47.5 Å². The number of nitrogens with zero attached hydrogens (tertiary/aromatic N) is 3. The van der Waals surface area contributed by atoms with Crippen molar-refractivity contribution in [3.63, 3.8) is 0 Å². The van der Waals surface area contributed by atoms with Crippen molar-refractivity contribution in [1.82, 2.24) is 9.88 Å². The maximum Gasteiger partial charge on any atom is 0.260 e. The molecular formula is C22H28ClN3O4S2. The Labute approximate surface area is 199 Å². The Morgan fingerprint density at radius 3 is 2.31 bits per heavy atom. The van der Waals surface area contributed by atoms with Crippen LogP contribution in [0.15, 0.2) is 41.3 Å². The van der Waals surface area contributed by atoms with E-state index >= 15 is 0 Å². The van der Waals surface area contributed by atoms with Crippen LogP contribution in [0, 0.1) is 6.92 Å². The second kappa shape index (κ2) is 10.6. The quantitative estimate of drug-likeness (QED) is 0.467. The first-order chi connectivity index (χ1) is 14.6. The zero-order valence-corrected chi connectivity index (χ0v) is 21.2. The molecule has 0 atom stereocenters. The number of aryl methyl sites for hydroxylation is 1. The highest BCUT2D eigenvalue weighted by Crippen LogP contribution is 2.37. The van der Waals surface area contributed by atoms with Crippen molar-refractivity contribution in [1.29, 1.82) is 0 Å². The number of anilines is 1. The number of methoxy groups -OCH3 is 1. The minimum Gasteiger partial charge on any atom is -0.494 e. The van der Waals surface area contributed by atoms with Crippen LogP contribution in [0.1, 0.15) is 22.3 Å². The van der Waals surface area contributed by atoms with Gasteiger partial charge in [-0.15, -0.1) is 12.4 Å². The molecule has 0 aliphatic carbocycles. The highest BCUT2D eigenvalue weighted by molar-refractivity contribution is 7.90. The van der Waals surface area contributed by atoms with Crippen LogP contribution in [0.25, 0.3) is 10.2 Å². The highest BCUT2D eigenvalue weighted by Gasteiger charge is 2.23. The van der Waals surface area contributed by atoms with Gasteiger partial charge in [-0.1, -0.05) is 17.4 Å². The van der Waals surface area contributed by atoms with Gasteiger partial charge in [-0.05, 0) is 69.9 Å². The van der Waals surface area contributed by atoms with Crippen LogP contribution in [0.5, 0.6) is 5.75 Å². The Hall–Kier alpha value is -2.20. The third-order valence-corrected chi connectivity index (χ3v) is 7.25. The summed E-state index contributed by atoms with van der Waals surface area (Å²) in [5.41, 5.74) is 2.22. The normalized spacial score (nSPS) is 11.4. The van der Waals surface area contributed by atoms with Crippen LogP contribution >= 0.6 is 23.7 Å². The number of thiazole rings is 1. The van der Waals surface area contributed by atoms with Gasteiger partial charge in [-0.2, -0.15) is 0 Å². The Bertz CT molecular complexity index is 1190. The molecule has 1 aromatic heterocycles. The number of fused-ring (bicyclic) bond motifs is 1. The summed E-state index contributed by atoms with van der Waals surface area (Å²) >= 11 is 1.46. The Balaban J connectivity index is 0.00000363. The molecule has 0 saturated carbocycles. The third kappa shape index (κ3) is 5.78. The minimum absolute atomic E-state index is 0. The van der Waals surface area contributed by atoms with Gasteiger partial charge < -0.3 is 9.64 Å². The molecular weight excluding hydrogens is 470 g/mol. The van der Waals surface area contributed by atoms with Gasteiger partial charge in [-0.3, -0.25) is 9.69 Å². The fourth-order valence-electron chi connectivity index (χ4n) is 3.21. The predicted octanol–water partition coefficient (Wildman–Crippen LogP) is 4.04. The van der Waals surface area contributed by atoms with E-state index in [-0.39, 0.29) is 23.2 Å². The summed E-state index contributed by atoms with van der Waals surface area (Å²) in [6, 6.07) is 9.89. The SMILES string of the molecule is COc1ccc(C)c2sc(N(CCCN(C)C)C(=O)c3ccc(S(C)(=O)=O)cc3)nc12.Cl. The molecule has 0 radical (unpaired) electrons. The summed E-state index contributed by atoms with van der Waals surface area (Å²) in [6.45, 7) is 3.32. The predicted molar refractivity (Wildman–Crippen MR) is 133 cm³/mol. The van der Waals surface area contributed by atoms with Crippen molar-refractivity contribution in [3.8, 4) is 5.75 Å². The van der Waals surface area contributed by atoms with Gasteiger partial charge in [0, 0.05) is 18.4 Å². The monoisotopic (exact) mass is 497 g/mol. The molecule has 7 nitrogen and oxygen atoms in total. The summed E-state index contributed by atoms with van der Waals surface area (Å²) in [4.78, 5) is 22.0. The molecule has 0 spiro atoms. The first-order valence-corrected chi connectivity index (χ1v) is 12.5. The lowest BCUT2D eigenvalue weighted by molar-refractivity contribution is 0.0986. The van der Waals surface area contributed by atoms with Gasteiger partial charge >= 0.3 is 0 Å². The van der Waals surface area contributed by atoms with Crippen LogP contribution in [0.3, 0.4) is 0 Å². The maximum atomic E-state index is 13.4. The molecule has 0 bridgehead atoms. The Kier molecular flexibility index (Phi) is 8.64. The second-order valence-corrected chi connectivity index (χ2v) is 10.7. The van der Waals surface area contributed by atoms with Gasteiger partial charge in [0.1, 0.15) is 11.3 Å². The highest BCUT2D eigenvalue weighted by atomic mass is 35.5. The molecule has 174 valence electrons. The van der Waals surface area contributed by atoms with Crippen LogP contribution in [-0.4, -0.2) is 64.8 Å². The summed E-state index contributed by atoms with van der Waals surface area (Å²) in [6.07, 6.45) is 1.92. The van der Waals surface area contributed by atoms with Gasteiger partial charge in [0.2, 0.25) is 0 Å². The van der Waals surface area contributed by atoms with Crippen LogP contribution in [0.4, 0.5) is 5.13 Å². The molecule has 0 N–H and O–H groups in total.